The Labute approximate surface area is 113 Å². The van der Waals surface area contributed by atoms with E-state index in [1.54, 1.807) is 0 Å². The van der Waals surface area contributed by atoms with Gasteiger partial charge in [0.15, 0.2) is 0 Å². The lowest BCUT2D eigenvalue weighted by molar-refractivity contribution is 0.146. The smallest absolute Gasteiger partial charge is 0.126 e. The molecule has 4 heteroatoms. The predicted octanol–water partition coefficient (Wildman–Crippen LogP) is 3.23. The van der Waals surface area contributed by atoms with Gasteiger partial charge >= 0.3 is 0 Å². The molecule has 2 rings (SSSR count). The van der Waals surface area contributed by atoms with Gasteiger partial charge in [-0.2, -0.15) is 0 Å². The summed E-state index contributed by atoms with van der Waals surface area (Å²) in [5.41, 5.74) is 6.51. The third kappa shape index (κ3) is 3.31. The molecule has 1 fully saturated rings. The number of halogens is 2. The van der Waals surface area contributed by atoms with Crippen LogP contribution in [0.2, 0.25) is 0 Å². The van der Waals surface area contributed by atoms with E-state index in [9.17, 15) is 8.78 Å². The molecule has 0 spiro atoms. The van der Waals surface area contributed by atoms with Crippen molar-refractivity contribution in [3.63, 3.8) is 0 Å². The lowest BCUT2D eigenvalue weighted by Crippen LogP contribution is -2.40. The van der Waals surface area contributed by atoms with Crippen molar-refractivity contribution < 1.29 is 8.78 Å². The van der Waals surface area contributed by atoms with Crippen molar-refractivity contribution >= 4 is 0 Å². The Bertz CT molecular complexity index is 396. The summed E-state index contributed by atoms with van der Waals surface area (Å²) in [6.45, 7) is 3.31. The SMILES string of the molecule is CCN(C1CCCC1)C(CN)c1cc(F)cc(F)c1. The van der Waals surface area contributed by atoms with Gasteiger partial charge in [-0.1, -0.05) is 19.8 Å². The molecule has 0 aliphatic heterocycles. The van der Waals surface area contributed by atoms with Crippen molar-refractivity contribution in [2.24, 2.45) is 5.73 Å². The minimum Gasteiger partial charge on any atom is -0.329 e. The average molecular weight is 268 g/mol. The van der Waals surface area contributed by atoms with Crippen LogP contribution in [-0.2, 0) is 0 Å². The molecule has 1 aromatic rings. The summed E-state index contributed by atoms with van der Waals surface area (Å²) in [7, 11) is 0. The van der Waals surface area contributed by atoms with Crippen LogP contribution in [0.5, 0.6) is 0 Å². The number of rotatable bonds is 5. The molecule has 0 bridgehead atoms. The number of nitrogens with zero attached hydrogens (tertiary/aromatic N) is 1. The largest absolute Gasteiger partial charge is 0.329 e. The summed E-state index contributed by atoms with van der Waals surface area (Å²) in [6, 6.07) is 4.10. The van der Waals surface area contributed by atoms with Gasteiger partial charge in [0.05, 0.1) is 0 Å². The van der Waals surface area contributed by atoms with Crippen LogP contribution in [0.1, 0.15) is 44.2 Å². The van der Waals surface area contributed by atoms with Gasteiger partial charge in [0, 0.05) is 24.7 Å². The molecule has 19 heavy (non-hydrogen) atoms. The van der Waals surface area contributed by atoms with Gasteiger partial charge in [0.1, 0.15) is 11.6 Å². The molecule has 1 aliphatic rings. The van der Waals surface area contributed by atoms with E-state index in [-0.39, 0.29) is 6.04 Å². The molecule has 0 saturated heterocycles. The quantitative estimate of drug-likeness (QED) is 0.888. The van der Waals surface area contributed by atoms with Crippen molar-refractivity contribution in [1.82, 2.24) is 4.90 Å². The van der Waals surface area contributed by atoms with Crippen LogP contribution in [0.15, 0.2) is 18.2 Å². The Morgan fingerprint density at radius 2 is 1.79 bits per heavy atom. The highest BCUT2D eigenvalue weighted by atomic mass is 19.1. The Balaban J connectivity index is 2.25. The van der Waals surface area contributed by atoms with Crippen LogP contribution in [0, 0.1) is 11.6 Å². The van der Waals surface area contributed by atoms with Crippen molar-refractivity contribution in [3.8, 4) is 0 Å². The minimum atomic E-state index is -0.532. The fraction of sp³-hybridized carbons (Fsp3) is 0.600. The molecule has 1 aromatic carbocycles. The fourth-order valence-electron chi connectivity index (χ4n) is 3.20. The number of hydrogen-bond acceptors (Lipinski definition) is 2. The second-order valence-electron chi connectivity index (χ2n) is 5.22. The lowest BCUT2D eigenvalue weighted by Gasteiger charge is -2.35. The van der Waals surface area contributed by atoms with Crippen LogP contribution in [0.3, 0.4) is 0 Å². The molecule has 1 atom stereocenters. The maximum absolute atomic E-state index is 13.4. The van der Waals surface area contributed by atoms with Crippen LogP contribution in [0.25, 0.3) is 0 Å². The van der Waals surface area contributed by atoms with E-state index < -0.39 is 11.6 Å². The first-order valence-corrected chi connectivity index (χ1v) is 7.07. The molecule has 1 aliphatic carbocycles. The number of likely N-dealkylation sites (N-methyl/N-ethyl adjacent to an activating group) is 1. The Morgan fingerprint density at radius 1 is 1.21 bits per heavy atom. The van der Waals surface area contributed by atoms with E-state index in [4.69, 9.17) is 5.73 Å². The monoisotopic (exact) mass is 268 g/mol. The minimum absolute atomic E-state index is 0.0988. The molecule has 0 radical (unpaired) electrons. The molecular formula is C15H22F2N2. The lowest BCUT2D eigenvalue weighted by atomic mass is 10.0. The maximum atomic E-state index is 13.4. The van der Waals surface area contributed by atoms with Gasteiger partial charge in [-0.25, -0.2) is 8.78 Å². The van der Waals surface area contributed by atoms with E-state index in [0.717, 1.165) is 25.5 Å². The molecule has 2 nitrogen and oxygen atoms in total. The molecule has 106 valence electrons. The zero-order chi connectivity index (χ0) is 13.8. The topological polar surface area (TPSA) is 29.3 Å². The first-order valence-electron chi connectivity index (χ1n) is 7.07. The Kier molecular flexibility index (Phi) is 4.88. The van der Waals surface area contributed by atoms with E-state index in [1.807, 2.05) is 0 Å². The third-order valence-corrected chi connectivity index (χ3v) is 4.05. The van der Waals surface area contributed by atoms with E-state index in [0.29, 0.717) is 18.2 Å². The van der Waals surface area contributed by atoms with Gasteiger partial charge in [-0.05, 0) is 37.1 Å². The zero-order valence-electron chi connectivity index (χ0n) is 11.4. The van der Waals surface area contributed by atoms with Crippen molar-refractivity contribution in [2.45, 2.75) is 44.7 Å². The maximum Gasteiger partial charge on any atom is 0.126 e. The second kappa shape index (κ2) is 6.44. The highest BCUT2D eigenvalue weighted by Crippen LogP contribution is 2.31. The summed E-state index contributed by atoms with van der Waals surface area (Å²) in [5, 5.41) is 0. The van der Waals surface area contributed by atoms with E-state index in [1.165, 1.54) is 25.0 Å². The highest BCUT2D eigenvalue weighted by molar-refractivity contribution is 5.22. The molecule has 1 unspecified atom stereocenters. The summed E-state index contributed by atoms with van der Waals surface area (Å²) >= 11 is 0. The van der Waals surface area contributed by atoms with Crippen LogP contribution >= 0.6 is 0 Å². The molecule has 0 aromatic heterocycles. The third-order valence-electron chi connectivity index (χ3n) is 4.05. The molecule has 0 heterocycles. The number of hydrogen-bond donors (Lipinski definition) is 1. The second-order valence-corrected chi connectivity index (χ2v) is 5.22. The summed E-state index contributed by atoms with van der Waals surface area (Å²) in [6.07, 6.45) is 4.77. The van der Waals surface area contributed by atoms with E-state index in [2.05, 4.69) is 11.8 Å². The van der Waals surface area contributed by atoms with Crippen molar-refractivity contribution in [3.05, 3.63) is 35.4 Å². The first-order chi connectivity index (χ1) is 9.15. The molecule has 0 amide bonds. The van der Waals surface area contributed by atoms with Crippen molar-refractivity contribution in [1.29, 1.82) is 0 Å². The summed E-state index contributed by atoms with van der Waals surface area (Å²) in [5.74, 6) is -1.06. The summed E-state index contributed by atoms with van der Waals surface area (Å²) in [4.78, 5) is 2.29. The van der Waals surface area contributed by atoms with Gasteiger partial charge in [-0.3, -0.25) is 4.90 Å². The van der Waals surface area contributed by atoms with Crippen LogP contribution in [0.4, 0.5) is 8.78 Å². The number of nitrogens with two attached hydrogens (primary N) is 1. The first kappa shape index (κ1) is 14.4. The standard InChI is InChI=1S/C15H22F2N2/c1-2-19(14-5-3-4-6-14)15(10-18)11-7-12(16)9-13(17)8-11/h7-9,14-15H,2-6,10,18H2,1H3. The molecule has 2 N–H and O–H groups in total. The highest BCUT2D eigenvalue weighted by Gasteiger charge is 2.28. The van der Waals surface area contributed by atoms with Crippen LogP contribution in [-0.4, -0.2) is 24.0 Å². The molecule has 1 saturated carbocycles. The van der Waals surface area contributed by atoms with Gasteiger partial charge < -0.3 is 5.73 Å². The van der Waals surface area contributed by atoms with Crippen molar-refractivity contribution in [2.75, 3.05) is 13.1 Å². The average Bonchev–Trinajstić information content (AvgIpc) is 2.87. The zero-order valence-corrected chi connectivity index (χ0v) is 11.4. The molecular weight excluding hydrogens is 246 g/mol. The normalized spacial score (nSPS) is 18.2. The fourth-order valence-corrected chi connectivity index (χ4v) is 3.20. The number of benzene rings is 1. The summed E-state index contributed by atoms with van der Waals surface area (Å²) < 4.78 is 26.7. The van der Waals surface area contributed by atoms with E-state index >= 15 is 0 Å². The Hall–Kier alpha value is -1.00. The Morgan fingerprint density at radius 3 is 2.26 bits per heavy atom. The predicted molar refractivity (Wildman–Crippen MR) is 72.8 cm³/mol. The van der Waals surface area contributed by atoms with Gasteiger partial charge in [-0.15, -0.1) is 0 Å². The van der Waals surface area contributed by atoms with Gasteiger partial charge in [0.2, 0.25) is 0 Å². The van der Waals surface area contributed by atoms with Crippen LogP contribution < -0.4 is 5.73 Å². The van der Waals surface area contributed by atoms with Gasteiger partial charge in [0.25, 0.3) is 0 Å².